The van der Waals surface area contributed by atoms with Gasteiger partial charge in [0.2, 0.25) is 0 Å². The van der Waals surface area contributed by atoms with Crippen molar-refractivity contribution in [3.63, 3.8) is 0 Å². The van der Waals surface area contributed by atoms with Crippen molar-refractivity contribution >= 4 is 19.8 Å². The van der Waals surface area contributed by atoms with Crippen LogP contribution in [-0.4, -0.2) is 49.3 Å². The van der Waals surface area contributed by atoms with Crippen LogP contribution < -0.4 is 5.32 Å². The van der Waals surface area contributed by atoms with E-state index in [0.717, 1.165) is 88.3 Å². The summed E-state index contributed by atoms with van der Waals surface area (Å²) in [7, 11) is -4.46. The van der Waals surface area contributed by atoms with Gasteiger partial charge in [0, 0.05) is 25.1 Å². The van der Waals surface area contributed by atoms with E-state index in [1.54, 1.807) is 0 Å². The molecule has 2 atom stereocenters. The Balaban J connectivity index is 2.47. The predicted molar refractivity (Wildman–Crippen MR) is 208 cm³/mol. The maximum atomic E-state index is 12.7. The largest absolute Gasteiger partial charge is 0.472 e. The van der Waals surface area contributed by atoms with Crippen molar-refractivity contribution in [3.8, 4) is 0 Å². The maximum Gasteiger partial charge on any atom is 0.472 e. The molecule has 0 amide bonds. The van der Waals surface area contributed by atoms with Gasteiger partial charge in [-0.1, -0.05) is 126 Å². The second-order valence-corrected chi connectivity index (χ2v) is 14.5. The molecular formula is C41H68NO8P. The number of unbranched alkanes of at least 4 members (excludes halogenated alkanes) is 13. The van der Waals surface area contributed by atoms with E-state index in [4.69, 9.17) is 18.5 Å². The molecule has 9 nitrogen and oxygen atoms in total. The van der Waals surface area contributed by atoms with Gasteiger partial charge in [0.1, 0.15) is 6.61 Å². The van der Waals surface area contributed by atoms with Gasteiger partial charge < -0.3 is 19.7 Å². The van der Waals surface area contributed by atoms with E-state index in [2.05, 4.69) is 43.5 Å². The smallest absolute Gasteiger partial charge is 0.462 e. The van der Waals surface area contributed by atoms with Crippen LogP contribution in [0.2, 0.25) is 0 Å². The minimum absolute atomic E-state index is 0.0956. The Morgan fingerprint density at radius 2 is 1.31 bits per heavy atom. The number of hydrogen-bond acceptors (Lipinski definition) is 8. The van der Waals surface area contributed by atoms with E-state index in [-0.39, 0.29) is 32.6 Å². The number of nitrogens with one attached hydrogen (secondary N) is 1. The Morgan fingerprint density at radius 1 is 0.725 bits per heavy atom. The Kier molecular flexibility index (Phi) is 29.0. The second kappa shape index (κ2) is 32.0. The Morgan fingerprint density at radius 3 is 1.98 bits per heavy atom. The number of phosphoric acid groups is 1. The van der Waals surface area contributed by atoms with Crippen molar-refractivity contribution in [2.75, 3.05) is 26.4 Å². The van der Waals surface area contributed by atoms with E-state index < -0.39 is 32.5 Å². The quantitative estimate of drug-likeness (QED) is 0.0301. The molecule has 0 aromatic rings. The number of allylic oxidation sites excluding steroid dienone is 11. The molecule has 10 heteroatoms. The predicted octanol–water partition coefficient (Wildman–Crippen LogP) is 10.7. The summed E-state index contributed by atoms with van der Waals surface area (Å²) >= 11 is 0. The molecule has 1 rings (SSSR count). The fraction of sp³-hybridized carbons (Fsp3) is 0.659. The van der Waals surface area contributed by atoms with Gasteiger partial charge in [-0.15, -0.1) is 0 Å². The van der Waals surface area contributed by atoms with Crippen LogP contribution in [0.4, 0.5) is 0 Å². The molecule has 0 saturated carbocycles. The number of rotatable bonds is 32. The maximum absolute atomic E-state index is 12.7. The van der Waals surface area contributed by atoms with E-state index >= 15 is 0 Å². The molecule has 2 unspecified atom stereocenters. The molecule has 290 valence electrons. The van der Waals surface area contributed by atoms with Crippen LogP contribution in [0, 0.1) is 0 Å². The molecule has 0 heterocycles. The van der Waals surface area contributed by atoms with E-state index in [9.17, 15) is 19.0 Å². The minimum Gasteiger partial charge on any atom is -0.462 e. The van der Waals surface area contributed by atoms with Gasteiger partial charge >= 0.3 is 19.8 Å². The summed E-state index contributed by atoms with van der Waals surface area (Å²) in [5.74, 6) is -0.855. The summed E-state index contributed by atoms with van der Waals surface area (Å²) in [4.78, 5) is 35.4. The van der Waals surface area contributed by atoms with E-state index in [1.807, 2.05) is 43.4 Å². The molecule has 1 aliphatic rings. The molecule has 0 fully saturated rings. The minimum atomic E-state index is -4.46. The summed E-state index contributed by atoms with van der Waals surface area (Å²) in [5.41, 5.74) is 1.95. The van der Waals surface area contributed by atoms with Gasteiger partial charge in [0.15, 0.2) is 6.10 Å². The average molecular weight is 734 g/mol. The molecule has 0 radical (unpaired) electrons. The fourth-order valence-electron chi connectivity index (χ4n) is 5.11. The highest BCUT2D eigenvalue weighted by molar-refractivity contribution is 7.47. The van der Waals surface area contributed by atoms with Crippen LogP contribution in [-0.2, 0) is 32.7 Å². The van der Waals surface area contributed by atoms with Crippen LogP contribution in [0.3, 0.4) is 0 Å². The summed E-state index contributed by atoms with van der Waals surface area (Å²) in [6, 6.07) is 0. The summed E-state index contributed by atoms with van der Waals surface area (Å²) in [6.07, 6.45) is 37.9. The van der Waals surface area contributed by atoms with Gasteiger partial charge in [-0.3, -0.25) is 18.6 Å². The number of hydrogen-bond donors (Lipinski definition) is 2. The SMILES string of the molecule is CCC/C=C\CCCCCCCC(=O)OCC(COP(=O)(O)OCCNC1=C/C=C\C(C)=C/C=C\1)OC(=O)CCCCCCC/C=C\CCCC. The van der Waals surface area contributed by atoms with Crippen molar-refractivity contribution < 1.29 is 37.6 Å². The van der Waals surface area contributed by atoms with Gasteiger partial charge in [-0.05, 0) is 70.4 Å². The molecule has 2 N–H and O–H groups in total. The monoisotopic (exact) mass is 733 g/mol. The first-order valence-electron chi connectivity index (χ1n) is 19.5. The fourth-order valence-corrected chi connectivity index (χ4v) is 5.86. The molecule has 0 aliphatic heterocycles. The molecule has 0 spiro atoms. The average Bonchev–Trinajstić information content (AvgIpc) is 3.09. The Hall–Kier alpha value is -2.71. The third kappa shape index (κ3) is 29.6. The number of esters is 2. The topological polar surface area (TPSA) is 120 Å². The standard InChI is InChI=1S/C41H68NO8P/c1-4-6-8-10-12-14-16-18-20-22-24-32-41(44)50-39(35-47-40(43)31-23-21-19-17-15-13-11-9-7-5-2)36-49-51(45,46)48-34-33-42-38-29-25-27-37(3)28-26-30-38/h9-12,25-30,39,42H,4-8,13-24,31-36H2,1-3H3,(H,45,46)/b11-9-,12-10-,27-25-,28-26?,29-25?,30-26-,37-27?,37-28-,38-29+,38-30?. The zero-order valence-corrected chi connectivity index (χ0v) is 32.8. The van der Waals surface area contributed by atoms with Crippen molar-refractivity contribution in [1.82, 2.24) is 5.32 Å². The molecular weight excluding hydrogens is 665 g/mol. The van der Waals surface area contributed by atoms with Crippen molar-refractivity contribution in [1.29, 1.82) is 0 Å². The summed E-state index contributed by atoms with van der Waals surface area (Å²) in [6.45, 7) is 5.84. The third-order valence-corrected chi connectivity index (χ3v) is 9.11. The number of phosphoric ester groups is 1. The van der Waals surface area contributed by atoms with Crippen LogP contribution in [0.1, 0.15) is 143 Å². The lowest BCUT2D eigenvalue weighted by atomic mass is 10.1. The van der Waals surface area contributed by atoms with E-state index in [0.29, 0.717) is 12.8 Å². The molecule has 0 bridgehead atoms. The first kappa shape index (κ1) is 46.3. The normalized spacial score (nSPS) is 18.2. The highest BCUT2D eigenvalue weighted by atomic mass is 31.2. The zero-order chi connectivity index (χ0) is 37.3. The summed E-state index contributed by atoms with van der Waals surface area (Å²) in [5, 5.41) is 3.14. The van der Waals surface area contributed by atoms with Crippen LogP contribution in [0.15, 0.2) is 72.0 Å². The highest BCUT2D eigenvalue weighted by Gasteiger charge is 2.26. The molecule has 0 aromatic carbocycles. The molecule has 0 saturated heterocycles. The molecule has 51 heavy (non-hydrogen) atoms. The third-order valence-electron chi connectivity index (χ3n) is 8.12. The van der Waals surface area contributed by atoms with Crippen molar-refractivity contribution in [3.05, 3.63) is 72.0 Å². The summed E-state index contributed by atoms with van der Waals surface area (Å²) < 4.78 is 33.9. The Bertz CT molecular complexity index is 1160. The first-order chi connectivity index (χ1) is 24.8. The number of ether oxygens (including phenoxy) is 2. The van der Waals surface area contributed by atoms with Gasteiger partial charge in [0.25, 0.3) is 0 Å². The van der Waals surface area contributed by atoms with E-state index in [1.165, 1.54) is 19.3 Å². The van der Waals surface area contributed by atoms with Gasteiger partial charge in [-0.2, -0.15) is 0 Å². The lowest BCUT2D eigenvalue weighted by Crippen LogP contribution is -2.29. The Labute approximate surface area is 309 Å². The molecule has 0 aromatic heterocycles. The lowest BCUT2D eigenvalue weighted by molar-refractivity contribution is -0.161. The van der Waals surface area contributed by atoms with Crippen molar-refractivity contribution in [2.24, 2.45) is 0 Å². The van der Waals surface area contributed by atoms with Crippen molar-refractivity contribution in [2.45, 2.75) is 149 Å². The van der Waals surface area contributed by atoms with Crippen LogP contribution in [0.25, 0.3) is 0 Å². The number of carbonyl (C=O) groups excluding carboxylic acids is 2. The highest BCUT2D eigenvalue weighted by Crippen LogP contribution is 2.43. The van der Waals surface area contributed by atoms with Gasteiger partial charge in [0.05, 0.1) is 13.2 Å². The number of carbonyl (C=O) groups is 2. The molecule has 1 aliphatic carbocycles. The first-order valence-corrected chi connectivity index (χ1v) is 21.0. The second-order valence-electron chi connectivity index (χ2n) is 13.1. The lowest BCUT2D eigenvalue weighted by Gasteiger charge is -2.20. The van der Waals surface area contributed by atoms with Crippen LogP contribution in [0.5, 0.6) is 0 Å². The van der Waals surface area contributed by atoms with Crippen LogP contribution >= 0.6 is 7.82 Å². The zero-order valence-electron chi connectivity index (χ0n) is 31.9. The van der Waals surface area contributed by atoms with Gasteiger partial charge in [-0.25, -0.2) is 4.57 Å².